The highest BCUT2D eigenvalue weighted by atomic mass is 35.5. The van der Waals surface area contributed by atoms with E-state index < -0.39 is 0 Å². The monoisotopic (exact) mass is 607 g/mol. The second kappa shape index (κ2) is 14.3. The highest BCUT2D eigenvalue weighted by Crippen LogP contribution is 2.44. The van der Waals surface area contributed by atoms with E-state index in [4.69, 9.17) is 30.8 Å². The number of aromatic nitrogens is 3. The number of halogens is 1. The van der Waals surface area contributed by atoms with Crippen LogP contribution < -0.4 is 14.8 Å². The van der Waals surface area contributed by atoms with Crippen LogP contribution in [-0.4, -0.2) is 66.5 Å². The predicted octanol–water partition coefficient (Wildman–Crippen LogP) is 5.62. The lowest BCUT2D eigenvalue weighted by atomic mass is 9.97. The van der Waals surface area contributed by atoms with Crippen LogP contribution in [0.1, 0.15) is 42.0 Å². The Balaban J connectivity index is 1.88. The molecule has 1 saturated carbocycles. The van der Waals surface area contributed by atoms with Crippen molar-refractivity contribution < 1.29 is 23.8 Å². The molecule has 1 fully saturated rings. The van der Waals surface area contributed by atoms with Crippen LogP contribution >= 0.6 is 11.6 Å². The van der Waals surface area contributed by atoms with Crippen molar-refractivity contribution in [2.24, 2.45) is 5.92 Å². The average molecular weight is 608 g/mol. The molecule has 0 spiro atoms. The molecule has 3 aromatic rings. The van der Waals surface area contributed by atoms with Gasteiger partial charge < -0.3 is 24.4 Å². The van der Waals surface area contributed by atoms with Gasteiger partial charge in [0.25, 0.3) is 0 Å². The van der Waals surface area contributed by atoms with Gasteiger partial charge in [0.15, 0.2) is 0 Å². The van der Waals surface area contributed by atoms with E-state index in [2.05, 4.69) is 17.0 Å². The second-order valence-electron chi connectivity index (χ2n) is 10.3. The number of anilines is 1. The maximum absolute atomic E-state index is 12.6. The molecule has 1 aliphatic carbocycles. The number of methoxy groups -OCH3 is 3. The molecule has 0 unspecified atom stereocenters. The summed E-state index contributed by atoms with van der Waals surface area (Å²) in [6.07, 6.45) is 10.1. The van der Waals surface area contributed by atoms with Crippen molar-refractivity contribution in [3.8, 4) is 22.9 Å². The maximum Gasteiger partial charge on any atom is 0.247 e. The minimum Gasteiger partial charge on any atom is -0.496 e. The number of pyridine rings is 1. The summed E-state index contributed by atoms with van der Waals surface area (Å²) < 4.78 is 18.3. The molecule has 2 aromatic heterocycles. The summed E-state index contributed by atoms with van der Waals surface area (Å²) in [5, 5.41) is 7.66. The summed E-state index contributed by atoms with van der Waals surface area (Å²) >= 11 is 6.96. The number of hydrogen-bond donors (Lipinski definition) is 1. The van der Waals surface area contributed by atoms with Crippen molar-refractivity contribution in [1.29, 1.82) is 0 Å². The molecule has 1 aliphatic rings. The van der Waals surface area contributed by atoms with Crippen molar-refractivity contribution in [2.75, 3.05) is 39.8 Å². The van der Waals surface area contributed by atoms with E-state index in [0.29, 0.717) is 76.9 Å². The Hall–Kier alpha value is -4.15. The van der Waals surface area contributed by atoms with Crippen molar-refractivity contribution in [3.63, 3.8) is 0 Å². The fourth-order valence-electron chi connectivity index (χ4n) is 4.95. The predicted molar refractivity (Wildman–Crippen MR) is 168 cm³/mol. The van der Waals surface area contributed by atoms with E-state index >= 15 is 0 Å². The molecule has 1 aromatic carbocycles. The van der Waals surface area contributed by atoms with Gasteiger partial charge >= 0.3 is 0 Å². The molecule has 43 heavy (non-hydrogen) atoms. The number of nitrogens with one attached hydrogen (secondary N) is 1. The molecule has 2 amide bonds. The van der Waals surface area contributed by atoms with Crippen molar-refractivity contribution >= 4 is 41.4 Å². The third kappa shape index (κ3) is 7.09. The quantitative estimate of drug-likeness (QED) is 0.176. The van der Waals surface area contributed by atoms with Gasteiger partial charge in [-0.1, -0.05) is 25.1 Å². The van der Waals surface area contributed by atoms with Crippen LogP contribution in [0, 0.1) is 12.8 Å². The van der Waals surface area contributed by atoms with Gasteiger partial charge in [-0.15, -0.1) is 0 Å². The maximum atomic E-state index is 12.6. The highest BCUT2D eigenvalue weighted by Gasteiger charge is 2.29. The third-order valence-corrected chi connectivity index (χ3v) is 7.79. The van der Waals surface area contributed by atoms with Crippen molar-refractivity contribution in [2.45, 2.75) is 39.7 Å². The van der Waals surface area contributed by atoms with E-state index in [1.807, 2.05) is 26.0 Å². The first-order valence-electron chi connectivity index (χ1n) is 14.1. The number of aryl methyl sites for hydroxylation is 1. The summed E-state index contributed by atoms with van der Waals surface area (Å²) in [4.78, 5) is 31.2. The molecular formula is C32H38ClN5O5. The zero-order valence-corrected chi connectivity index (χ0v) is 26.0. The largest absolute Gasteiger partial charge is 0.496 e. The molecule has 0 bridgehead atoms. The summed E-state index contributed by atoms with van der Waals surface area (Å²) in [7, 11) is 4.77. The van der Waals surface area contributed by atoms with Crippen molar-refractivity contribution in [3.05, 3.63) is 64.5 Å². The molecule has 2 heterocycles. The normalized spacial score (nSPS) is 13.0. The Morgan fingerprint density at radius 1 is 1.21 bits per heavy atom. The third-order valence-electron chi connectivity index (χ3n) is 7.41. The van der Waals surface area contributed by atoms with Crippen LogP contribution in [0.3, 0.4) is 0 Å². The molecule has 0 aliphatic heterocycles. The Bertz CT molecular complexity index is 1530. The van der Waals surface area contributed by atoms with Gasteiger partial charge in [0.2, 0.25) is 12.3 Å². The Labute approximate surface area is 257 Å². The number of hydrogen-bond acceptors (Lipinski definition) is 7. The van der Waals surface area contributed by atoms with E-state index in [1.54, 1.807) is 49.4 Å². The van der Waals surface area contributed by atoms with E-state index in [0.717, 1.165) is 35.9 Å². The summed E-state index contributed by atoms with van der Waals surface area (Å²) in [6.45, 7) is 9.00. The second-order valence-corrected chi connectivity index (χ2v) is 10.7. The molecular weight excluding hydrogens is 570 g/mol. The van der Waals surface area contributed by atoms with E-state index in [9.17, 15) is 9.59 Å². The minimum atomic E-state index is -0.351. The first-order valence-corrected chi connectivity index (χ1v) is 14.5. The zero-order valence-electron chi connectivity index (χ0n) is 25.3. The number of benzene rings is 1. The van der Waals surface area contributed by atoms with Crippen LogP contribution in [0.2, 0.25) is 5.02 Å². The van der Waals surface area contributed by atoms with Gasteiger partial charge in [0.05, 0.1) is 55.7 Å². The van der Waals surface area contributed by atoms with Gasteiger partial charge in [0.1, 0.15) is 17.2 Å². The van der Waals surface area contributed by atoms with Crippen LogP contribution in [0.4, 0.5) is 5.69 Å². The molecule has 0 radical (unpaired) electrons. The number of carbonyl (C=O) groups excluding carboxylic acids is 2. The first-order chi connectivity index (χ1) is 20.8. The first kappa shape index (κ1) is 31.8. The molecule has 11 heteroatoms. The Morgan fingerprint density at radius 3 is 2.53 bits per heavy atom. The highest BCUT2D eigenvalue weighted by molar-refractivity contribution is 6.34. The number of carbonyl (C=O) groups is 2. The lowest BCUT2D eigenvalue weighted by Gasteiger charge is -2.26. The smallest absolute Gasteiger partial charge is 0.247 e. The fourth-order valence-corrected chi connectivity index (χ4v) is 5.29. The fraction of sp³-hybridized carbons (Fsp3) is 0.375. The van der Waals surface area contributed by atoms with Gasteiger partial charge in [-0.3, -0.25) is 19.3 Å². The van der Waals surface area contributed by atoms with Gasteiger partial charge in [-0.25, -0.2) is 0 Å². The average Bonchev–Trinajstić information content (AvgIpc) is 3.76. The van der Waals surface area contributed by atoms with Crippen molar-refractivity contribution in [1.82, 2.24) is 19.7 Å². The van der Waals surface area contributed by atoms with Gasteiger partial charge in [-0.05, 0) is 61.4 Å². The van der Waals surface area contributed by atoms with Crippen LogP contribution in [0.15, 0.2) is 37.2 Å². The molecule has 0 atom stereocenters. The summed E-state index contributed by atoms with van der Waals surface area (Å²) in [6, 6.07) is 3.69. The molecule has 1 N–H and O–H groups in total. The molecule has 10 nitrogen and oxygen atoms in total. The molecule has 228 valence electrons. The van der Waals surface area contributed by atoms with E-state index in [1.165, 1.54) is 6.08 Å². The summed E-state index contributed by atoms with van der Waals surface area (Å²) in [5.74, 6) is 1.17. The van der Waals surface area contributed by atoms with Gasteiger partial charge in [0, 0.05) is 37.0 Å². The van der Waals surface area contributed by atoms with Gasteiger partial charge in [-0.2, -0.15) is 5.10 Å². The Kier molecular flexibility index (Phi) is 10.6. The standard InChI is InChI=1S/C32H38ClN5O5/c1-7-23-27(42-5)15-28(43-6)31(33)30(23)26(37(19-39)18-21-9-10-21)14-22-16-34-24(13-20(22)3)32-25(36-29(40)8-2)17-35-38(32)11-12-41-4/h8,13-17,19,21H,2,7,9-12,18H2,1,3-6H3,(H,36,40)/b26-14-. The molecule has 0 saturated heterocycles. The number of ether oxygens (including phenoxy) is 3. The SMILES string of the molecule is C=CC(=O)Nc1cnn(CCOC)c1-c1cc(C)c(/C=C(/c2c(Cl)c(OC)cc(OC)c2CC)N(C=O)CC2CC2)cn1. The summed E-state index contributed by atoms with van der Waals surface area (Å²) in [5.41, 5.74) is 5.65. The minimum absolute atomic E-state index is 0.351. The molecule has 4 rings (SSSR count). The Morgan fingerprint density at radius 2 is 1.95 bits per heavy atom. The van der Waals surface area contributed by atoms with E-state index in [-0.39, 0.29) is 5.91 Å². The van der Waals surface area contributed by atoms with Crippen LogP contribution in [0.5, 0.6) is 11.5 Å². The van der Waals surface area contributed by atoms with Crippen LogP contribution in [-0.2, 0) is 27.3 Å². The van der Waals surface area contributed by atoms with Crippen LogP contribution in [0.25, 0.3) is 23.2 Å². The number of nitrogens with zero attached hydrogens (tertiary/aromatic N) is 4. The lowest BCUT2D eigenvalue weighted by Crippen LogP contribution is -2.24. The zero-order chi connectivity index (χ0) is 31.1. The topological polar surface area (TPSA) is 108 Å². The number of amides is 2. The lowest BCUT2D eigenvalue weighted by molar-refractivity contribution is -0.115. The number of rotatable bonds is 15.